The number of benzene rings is 1. The van der Waals surface area contributed by atoms with Crippen LogP contribution in [0.3, 0.4) is 0 Å². The molecule has 6 heteroatoms. The lowest BCUT2D eigenvalue weighted by Crippen LogP contribution is -2.23. The first-order chi connectivity index (χ1) is 10.5. The number of hydrogen-bond acceptors (Lipinski definition) is 5. The molecule has 122 valence electrons. The fraction of sp³-hybridized carbons (Fsp3) is 0.562. The summed E-state index contributed by atoms with van der Waals surface area (Å²) in [5, 5.41) is -0.269. The second-order valence-corrected chi connectivity index (χ2v) is 7.90. The van der Waals surface area contributed by atoms with Crippen molar-refractivity contribution in [2.75, 3.05) is 12.9 Å². The Kier molecular flexibility index (Phi) is 5.83. The molecule has 1 aromatic rings. The van der Waals surface area contributed by atoms with Gasteiger partial charge in [0.15, 0.2) is 9.84 Å². The molecule has 1 aliphatic rings. The van der Waals surface area contributed by atoms with E-state index in [0.717, 1.165) is 31.2 Å². The molecule has 0 aliphatic heterocycles. The zero-order valence-electron chi connectivity index (χ0n) is 12.8. The molecule has 0 radical (unpaired) electrons. The summed E-state index contributed by atoms with van der Waals surface area (Å²) in [5.41, 5.74) is 0.761. The van der Waals surface area contributed by atoms with Crippen molar-refractivity contribution < 1.29 is 22.7 Å². The monoisotopic (exact) mass is 326 g/mol. The van der Waals surface area contributed by atoms with Gasteiger partial charge in [-0.2, -0.15) is 0 Å². The average Bonchev–Trinajstić information content (AvgIpc) is 3.06. The van der Waals surface area contributed by atoms with Crippen LogP contribution < -0.4 is 4.74 Å². The van der Waals surface area contributed by atoms with Gasteiger partial charge in [0.2, 0.25) is 0 Å². The minimum absolute atomic E-state index is 0.0893. The Morgan fingerprint density at radius 2 is 1.91 bits per heavy atom. The minimum atomic E-state index is -3.18. The molecule has 0 bridgehead atoms. The first-order valence-corrected chi connectivity index (χ1v) is 9.23. The third-order valence-electron chi connectivity index (χ3n) is 3.98. The molecule has 1 aliphatic carbocycles. The van der Waals surface area contributed by atoms with E-state index < -0.39 is 15.8 Å². The molecule has 1 aromatic carbocycles. The van der Waals surface area contributed by atoms with Crippen molar-refractivity contribution in [3.8, 4) is 5.75 Å². The highest BCUT2D eigenvalue weighted by Crippen LogP contribution is 2.25. The van der Waals surface area contributed by atoms with Crippen molar-refractivity contribution in [1.29, 1.82) is 0 Å². The van der Waals surface area contributed by atoms with Crippen LogP contribution in [0.1, 0.15) is 37.7 Å². The number of hydrogen-bond donors (Lipinski definition) is 0. The molecule has 1 saturated carbocycles. The topological polar surface area (TPSA) is 69.7 Å². The quantitative estimate of drug-likeness (QED) is 0.720. The van der Waals surface area contributed by atoms with Crippen LogP contribution in [0.4, 0.5) is 0 Å². The van der Waals surface area contributed by atoms with Crippen LogP contribution in [-0.4, -0.2) is 32.5 Å². The summed E-state index contributed by atoms with van der Waals surface area (Å²) in [6.45, 7) is 0.0896. The van der Waals surface area contributed by atoms with Gasteiger partial charge in [0.1, 0.15) is 12.4 Å². The van der Waals surface area contributed by atoms with Crippen molar-refractivity contribution in [3.05, 3.63) is 29.8 Å². The zero-order valence-corrected chi connectivity index (χ0v) is 13.6. The van der Waals surface area contributed by atoms with Crippen LogP contribution in [0, 0.1) is 0 Å². The summed E-state index contributed by atoms with van der Waals surface area (Å²) in [7, 11) is -1.63. The molecule has 0 spiro atoms. The molecule has 22 heavy (non-hydrogen) atoms. The van der Waals surface area contributed by atoms with Gasteiger partial charge in [0.25, 0.3) is 0 Å². The largest absolute Gasteiger partial charge is 0.496 e. The Balaban J connectivity index is 1.81. The highest BCUT2D eigenvalue weighted by atomic mass is 32.2. The van der Waals surface area contributed by atoms with Gasteiger partial charge < -0.3 is 9.47 Å². The van der Waals surface area contributed by atoms with E-state index >= 15 is 0 Å². The average molecular weight is 326 g/mol. The number of ether oxygens (including phenoxy) is 2. The van der Waals surface area contributed by atoms with Crippen molar-refractivity contribution in [2.24, 2.45) is 0 Å². The van der Waals surface area contributed by atoms with Gasteiger partial charge in [0.05, 0.1) is 24.5 Å². The number of sulfone groups is 1. The number of para-hydroxylation sites is 1. The maximum atomic E-state index is 12.1. The minimum Gasteiger partial charge on any atom is -0.496 e. The first-order valence-electron chi connectivity index (χ1n) is 7.52. The van der Waals surface area contributed by atoms with E-state index in [-0.39, 0.29) is 24.0 Å². The summed E-state index contributed by atoms with van der Waals surface area (Å²) >= 11 is 0. The van der Waals surface area contributed by atoms with Crippen LogP contribution in [0.2, 0.25) is 0 Å². The molecular weight excluding hydrogens is 304 g/mol. The van der Waals surface area contributed by atoms with E-state index in [1.165, 1.54) is 0 Å². The van der Waals surface area contributed by atoms with E-state index in [1.54, 1.807) is 19.2 Å². The summed E-state index contributed by atoms with van der Waals surface area (Å²) in [4.78, 5) is 11.8. The van der Waals surface area contributed by atoms with Crippen molar-refractivity contribution in [2.45, 2.75) is 44.0 Å². The number of rotatable bonds is 7. The van der Waals surface area contributed by atoms with Gasteiger partial charge in [-0.15, -0.1) is 0 Å². The van der Waals surface area contributed by atoms with Gasteiger partial charge in [-0.05, 0) is 18.9 Å². The van der Waals surface area contributed by atoms with Crippen molar-refractivity contribution >= 4 is 15.8 Å². The van der Waals surface area contributed by atoms with Crippen LogP contribution in [0.5, 0.6) is 5.75 Å². The van der Waals surface area contributed by atoms with Gasteiger partial charge in [-0.3, -0.25) is 4.79 Å². The van der Waals surface area contributed by atoms with Crippen LogP contribution in [0.15, 0.2) is 24.3 Å². The fourth-order valence-corrected chi connectivity index (χ4v) is 4.53. The number of carbonyl (C=O) groups excluding carboxylic acids is 1. The molecule has 2 rings (SSSR count). The third-order valence-corrected chi connectivity index (χ3v) is 6.24. The van der Waals surface area contributed by atoms with Crippen LogP contribution >= 0.6 is 0 Å². The Morgan fingerprint density at radius 1 is 1.23 bits per heavy atom. The van der Waals surface area contributed by atoms with E-state index in [0.29, 0.717) is 5.75 Å². The second-order valence-electron chi connectivity index (χ2n) is 5.50. The van der Waals surface area contributed by atoms with Gasteiger partial charge in [-0.1, -0.05) is 31.0 Å². The second kappa shape index (κ2) is 7.63. The molecule has 0 aromatic heterocycles. The van der Waals surface area contributed by atoms with Crippen LogP contribution in [-0.2, 0) is 26.0 Å². The summed E-state index contributed by atoms with van der Waals surface area (Å²) < 4.78 is 34.5. The fourth-order valence-electron chi connectivity index (χ4n) is 2.69. The van der Waals surface area contributed by atoms with Crippen molar-refractivity contribution in [3.63, 3.8) is 0 Å². The summed E-state index contributed by atoms with van der Waals surface area (Å²) in [5.74, 6) is 0.0314. The molecule has 0 amide bonds. The maximum absolute atomic E-state index is 12.1. The highest BCUT2D eigenvalue weighted by Gasteiger charge is 2.29. The van der Waals surface area contributed by atoms with E-state index in [2.05, 4.69) is 0 Å². The van der Waals surface area contributed by atoms with Gasteiger partial charge in [-0.25, -0.2) is 8.42 Å². The Hall–Kier alpha value is -1.56. The first kappa shape index (κ1) is 16.8. The molecule has 0 heterocycles. The molecule has 0 N–H and O–H groups in total. The standard InChI is InChI=1S/C16H22O5S/c1-20-15-9-5-2-6-13(15)12-21-16(17)10-11-22(18,19)14-7-3-4-8-14/h2,5-6,9,14H,3-4,7-8,10-12H2,1H3. The SMILES string of the molecule is COc1ccccc1COC(=O)CCS(=O)(=O)C1CCCC1. The Labute approximate surface area is 131 Å². The number of carbonyl (C=O) groups is 1. The van der Waals surface area contributed by atoms with E-state index in [4.69, 9.17) is 9.47 Å². The third kappa shape index (κ3) is 4.47. The maximum Gasteiger partial charge on any atom is 0.307 e. The molecule has 1 fully saturated rings. The lowest BCUT2D eigenvalue weighted by atomic mass is 10.2. The predicted octanol–water partition coefficient (Wildman–Crippen LogP) is 2.49. The molecule has 0 saturated heterocycles. The number of esters is 1. The summed E-state index contributed by atoms with van der Waals surface area (Å²) in [6.07, 6.45) is 3.27. The Bertz CT molecular complexity index is 603. The zero-order chi connectivity index (χ0) is 16.0. The van der Waals surface area contributed by atoms with Crippen LogP contribution in [0.25, 0.3) is 0 Å². The van der Waals surface area contributed by atoms with E-state index in [9.17, 15) is 13.2 Å². The number of methoxy groups -OCH3 is 1. The van der Waals surface area contributed by atoms with Gasteiger partial charge >= 0.3 is 5.97 Å². The molecular formula is C16H22O5S. The predicted molar refractivity (Wildman–Crippen MR) is 83.4 cm³/mol. The van der Waals surface area contributed by atoms with E-state index in [1.807, 2.05) is 12.1 Å². The van der Waals surface area contributed by atoms with Gasteiger partial charge in [0, 0.05) is 5.56 Å². The molecule has 5 nitrogen and oxygen atoms in total. The smallest absolute Gasteiger partial charge is 0.307 e. The van der Waals surface area contributed by atoms with Crippen molar-refractivity contribution in [1.82, 2.24) is 0 Å². The normalized spacial score (nSPS) is 15.7. The lowest BCUT2D eigenvalue weighted by Gasteiger charge is -2.11. The molecule has 0 unspecified atom stereocenters. The lowest BCUT2D eigenvalue weighted by molar-refractivity contribution is -0.144. The summed E-state index contributed by atoms with van der Waals surface area (Å²) in [6, 6.07) is 7.25. The highest BCUT2D eigenvalue weighted by molar-refractivity contribution is 7.92. The Morgan fingerprint density at radius 3 is 2.59 bits per heavy atom. The molecule has 0 atom stereocenters.